The lowest BCUT2D eigenvalue weighted by Crippen LogP contribution is -2.23. The van der Waals surface area contributed by atoms with Crippen molar-refractivity contribution >= 4 is 39.1 Å². The molecule has 0 N–H and O–H groups in total. The summed E-state index contributed by atoms with van der Waals surface area (Å²) in [7, 11) is 0. The van der Waals surface area contributed by atoms with Crippen LogP contribution in [0.15, 0.2) is 47.5 Å². The van der Waals surface area contributed by atoms with Gasteiger partial charge in [0.05, 0.1) is 27.9 Å². The second-order valence-corrected chi connectivity index (χ2v) is 7.80. The lowest BCUT2D eigenvalue weighted by Gasteiger charge is -2.09. The van der Waals surface area contributed by atoms with Gasteiger partial charge in [0.25, 0.3) is 11.6 Å². The van der Waals surface area contributed by atoms with Crippen molar-refractivity contribution in [1.29, 1.82) is 0 Å². The van der Waals surface area contributed by atoms with E-state index in [1.165, 1.54) is 22.8 Å². The fraction of sp³-hybridized carbons (Fsp3) is 0.286. The summed E-state index contributed by atoms with van der Waals surface area (Å²) >= 11 is 1.09. The highest BCUT2D eigenvalue weighted by Crippen LogP contribution is 2.23. The van der Waals surface area contributed by atoms with E-state index >= 15 is 0 Å². The zero-order chi connectivity index (χ0) is 22.5. The molecular formula is C21H21N3O6S. The molecule has 1 aromatic heterocycles. The van der Waals surface area contributed by atoms with Gasteiger partial charge in [0, 0.05) is 17.7 Å². The molecule has 31 heavy (non-hydrogen) atoms. The third-order valence-corrected chi connectivity index (χ3v) is 5.18. The van der Waals surface area contributed by atoms with Gasteiger partial charge in [-0.1, -0.05) is 11.3 Å². The highest BCUT2D eigenvalue weighted by atomic mass is 32.1. The molecule has 0 unspecified atom stereocenters. The van der Waals surface area contributed by atoms with Crippen LogP contribution in [0.25, 0.3) is 10.2 Å². The molecule has 0 radical (unpaired) electrons. The first-order valence-corrected chi connectivity index (χ1v) is 10.4. The van der Waals surface area contributed by atoms with Crippen molar-refractivity contribution in [3.63, 3.8) is 0 Å². The number of aromatic nitrogens is 1. The van der Waals surface area contributed by atoms with Gasteiger partial charge in [0.2, 0.25) is 0 Å². The number of ether oxygens (including phenoxy) is 2. The number of carbonyl (C=O) groups excluding carboxylic acids is 2. The molecule has 10 heteroatoms. The van der Waals surface area contributed by atoms with Crippen molar-refractivity contribution in [1.82, 2.24) is 4.57 Å². The van der Waals surface area contributed by atoms with Crippen molar-refractivity contribution in [2.24, 2.45) is 4.99 Å². The first-order chi connectivity index (χ1) is 14.8. The van der Waals surface area contributed by atoms with Gasteiger partial charge in [-0.25, -0.2) is 0 Å². The van der Waals surface area contributed by atoms with Crippen molar-refractivity contribution in [2.75, 3.05) is 6.61 Å². The van der Waals surface area contributed by atoms with Crippen LogP contribution in [0.1, 0.15) is 31.1 Å². The number of thiazole rings is 1. The molecule has 0 aliphatic rings. The van der Waals surface area contributed by atoms with Crippen molar-refractivity contribution in [3.8, 4) is 5.75 Å². The van der Waals surface area contributed by atoms with Crippen LogP contribution in [0.3, 0.4) is 0 Å². The molecule has 0 bridgehead atoms. The van der Waals surface area contributed by atoms with Crippen molar-refractivity contribution < 1.29 is 24.0 Å². The Morgan fingerprint density at radius 3 is 2.52 bits per heavy atom. The number of fused-ring (bicyclic) bond motifs is 1. The number of non-ortho nitro benzene ring substituents is 1. The number of hydrogen-bond acceptors (Lipinski definition) is 7. The topological polar surface area (TPSA) is 113 Å². The number of nitro benzene ring substituents is 1. The van der Waals surface area contributed by atoms with E-state index in [1.807, 2.05) is 13.8 Å². The molecule has 0 spiro atoms. The Kier molecular flexibility index (Phi) is 6.81. The number of nitrogens with zero attached hydrogens (tertiary/aromatic N) is 3. The Morgan fingerprint density at radius 2 is 1.90 bits per heavy atom. The van der Waals surface area contributed by atoms with Crippen LogP contribution in [0.4, 0.5) is 5.69 Å². The molecule has 0 saturated heterocycles. The Morgan fingerprint density at radius 1 is 1.19 bits per heavy atom. The quantitative estimate of drug-likeness (QED) is 0.313. The van der Waals surface area contributed by atoms with E-state index in [0.717, 1.165) is 11.3 Å². The molecule has 2 aromatic carbocycles. The summed E-state index contributed by atoms with van der Waals surface area (Å²) in [6.07, 6.45) is 0.00989. The van der Waals surface area contributed by atoms with E-state index in [0.29, 0.717) is 21.5 Å². The predicted molar refractivity (Wildman–Crippen MR) is 115 cm³/mol. The van der Waals surface area contributed by atoms with Gasteiger partial charge in [-0.15, -0.1) is 0 Å². The smallest absolute Gasteiger partial charge is 0.326 e. The van der Waals surface area contributed by atoms with Gasteiger partial charge < -0.3 is 14.0 Å². The molecule has 0 fully saturated rings. The van der Waals surface area contributed by atoms with E-state index < -0.39 is 16.8 Å². The third kappa shape index (κ3) is 5.34. The minimum atomic E-state index is -0.505. The van der Waals surface area contributed by atoms with Crippen molar-refractivity contribution in [2.45, 2.75) is 33.4 Å². The SMILES string of the molecule is CCOC(=O)Cn1c(=NC(=O)c2ccc(OC(C)C)cc2)sc2cc([N+](=O)[O-])ccc21. The van der Waals surface area contributed by atoms with Gasteiger partial charge >= 0.3 is 5.97 Å². The zero-order valence-corrected chi connectivity index (χ0v) is 18.0. The summed E-state index contributed by atoms with van der Waals surface area (Å²) in [5.41, 5.74) is 0.814. The van der Waals surface area contributed by atoms with Crippen LogP contribution >= 0.6 is 11.3 Å². The molecule has 1 heterocycles. The Hall–Kier alpha value is -3.53. The van der Waals surface area contributed by atoms with Crippen molar-refractivity contribution in [3.05, 3.63) is 62.9 Å². The number of amides is 1. The minimum Gasteiger partial charge on any atom is -0.491 e. The van der Waals surface area contributed by atoms with Crippen LogP contribution < -0.4 is 9.54 Å². The van der Waals surface area contributed by atoms with E-state index in [1.54, 1.807) is 31.2 Å². The monoisotopic (exact) mass is 443 g/mol. The standard InChI is InChI=1S/C21H21N3O6S/c1-4-29-19(25)12-23-17-10-7-15(24(27)28)11-18(17)31-21(23)22-20(26)14-5-8-16(9-6-14)30-13(2)3/h5-11,13H,4,12H2,1-3H3. The number of hydrogen-bond donors (Lipinski definition) is 0. The molecule has 9 nitrogen and oxygen atoms in total. The molecule has 0 saturated carbocycles. The number of nitro groups is 1. The van der Waals surface area contributed by atoms with Gasteiger partial charge in [-0.05, 0) is 51.1 Å². The molecule has 162 valence electrons. The van der Waals surface area contributed by atoms with Crippen LogP contribution in [0.5, 0.6) is 5.75 Å². The minimum absolute atomic E-state index is 0.00989. The first-order valence-electron chi connectivity index (χ1n) is 9.57. The van der Waals surface area contributed by atoms with Crippen LogP contribution in [0, 0.1) is 10.1 Å². The normalized spacial score (nSPS) is 11.7. The van der Waals surface area contributed by atoms with Crippen LogP contribution in [-0.4, -0.2) is 34.1 Å². The van der Waals surface area contributed by atoms with Gasteiger partial charge in [0.15, 0.2) is 4.80 Å². The van der Waals surface area contributed by atoms with Gasteiger partial charge in [-0.2, -0.15) is 4.99 Å². The van der Waals surface area contributed by atoms with E-state index in [-0.39, 0.29) is 29.7 Å². The molecule has 3 aromatic rings. The zero-order valence-electron chi connectivity index (χ0n) is 17.2. The maximum atomic E-state index is 12.7. The largest absolute Gasteiger partial charge is 0.491 e. The summed E-state index contributed by atoms with van der Waals surface area (Å²) in [6.45, 7) is 5.55. The number of rotatable bonds is 7. The Bertz CT molecular complexity index is 1190. The van der Waals surface area contributed by atoms with Gasteiger partial charge in [0.1, 0.15) is 12.3 Å². The van der Waals surface area contributed by atoms with E-state index in [9.17, 15) is 19.7 Å². The summed E-state index contributed by atoms with van der Waals surface area (Å²) in [5, 5.41) is 11.1. The van der Waals surface area contributed by atoms with Crippen LogP contribution in [0.2, 0.25) is 0 Å². The van der Waals surface area contributed by atoms with Gasteiger partial charge in [-0.3, -0.25) is 19.7 Å². The maximum absolute atomic E-state index is 12.7. The molecule has 0 atom stereocenters. The summed E-state index contributed by atoms with van der Waals surface area (Å²) in [5.74, 6) is -0.363. The predicted octanol–water partition coefficient (Wildman–Crippen LogP) is 3.70. The fourth-order valence-corrected chi connectivity index (χ4v) is 3.91. The second kappa shape index (κ2) is 9.52. The maximum Gasteiger partial charge on any atom is 0.326 e. The lowest BCUT2D eigenvalue weighted by molar-refractivity contribution is -0.384. The van der Waals surface area contributed by atoms with Crippen LogP contribution in [-0.2, 0) is 16.1 Å². The lowest BCUT2D eigenvalue weighted by atomic mass is 10.2. The average Bonchev–Trinajstić information content (AvgIpc) is 3.04. The second-order valence-electron chi connectivity index (χ2n) is 6.79. The summed E-state index contributed by atoms with van der Waals surface area (Å²) < 4.78 is 12.6. The molecule has 3 rings (SSSR count). The average molecular weight is 443 g/mol. The highest BCUT2D eigenvalue weighted by Gasteiger charge is 2.16. The van der Waals surface area contributed by atoms with E-state index in [2.05, 4.69) is 4.99 Å². The Balaban J connectivity index is 2.03. The molecule has 1 amide bonds. The first kappa shape index (κ1) is 22.2. The summed E-state index contributed by atoms with van der Waals surface area (Å²) in [6, 6.07) is 10.9. The summed E-state index contributed by atoms with van der Waals surface area (Å²) in [4.78, 5) is 39.8. The number of esters is 1. The fourth-order valence-electron chi connectivity index (χ4n) is 2.85. The molecular weight excluding hydrogens is 422 g/mol. The third-order valence-electron chi connectivity index (χ3n) is 4.14. The molecule has 0 aliphatic heterocycles. The highest BCUT2D eigenvalue weighted by molar-refractivity contribution is 7.16. The number of benzene rings is 2. The molecule has 0 aliphatic carbocycles. The van der Waals surface area contributed by atoms with E-state index in [4.69, 9.17) is 9.47 Å². The Labute approximate surface area is 181 Å². The number of carbonyl (C=O) groups is 2.